The number of carbonyl (C=O) groups excluding carboxylic acids is 1. The van der Waals surface area contributed by atoms with E-state index in [1.165, 1.54) is 7.11 Å². The Morgan fingerprint density at radius 1 is 1.50 bits per heavy atom. The summed E-state index contributed by atoms with van der Waals surface area (Å²) in [5.74, 6) is -0.602. The maximum atomic E-state index is 12.3. The third-order valence-electron chi connectivity index (χ3n) is 3.57. The molecule has 1 unspecified atom stereocenters. The smallest absolute Gasteiger partial charge is 0.401 e. The molecule has 0 aromatic carbocycles. The summed E-state index contributed by atoms with van der Waals surface area (Å²) in [5, 5.41) is 2.36. The van der Waals surface area contributed by atoms with E-state index >= 15 is 0 Å². The monoisotopic (exact) mass is 266 g/mol. The van der Waals surface area contributed by atoms with Crippen LogP contribution in [0.4, 0.5) is 13.2 Å². The zero-order valence-corrected chi connectivity index (χ0v) is 10.2. The van der Waals surface area contributed by atoms with Crippen molar-refractivity contribution in [1.82, 2.24) is 10.2 Å². The second-order valence-corrected chi connectivity index (χ2v) is 4.99. The molecule has 7 heteroatoms. The molecule has 1 heterocycles. The molecular weight excluding hydrogens is 249 g/mol. The number of likely N-dealkylation sites (tertiary alicyclic amines) is 1. The van der Waals surface area contributed by atoms with Crippen molar-refractivity contribution < 1.29 is 22.7 Å². The van der Waals surface area contributed by atoms with Gasteiger partial charge >= 0.3 is 12.1 Å². The summed E-state index contributed by atoms with van der Waals surface area (Å²) in [5.41, 5.74) is -1.20. The lowest BCUT2D eigenvalue weighted by Gasteiger charge is -2.28. The topological polar surface area (TPSA) is 41.6 Å². The molecule has 0 aromatic rings. The van der Waals surface area contributed by atoms with E-state index in [9.17, 15) is 18.0 Å². The number of nitrogens with one attached hydrogen (secondary N) is 1. The van der Waals surface area contributed by atoms with Gasteiger partial charge in [-0.25, -0.2) is 0 Å². The number of carbonyl (C=O) groups is 1. The predicted octanol–water partition coefficient (Wildman–Crippen LogP) is 0.918. The minimum atomic E-state index is -4.33. The first-order valence-corrected chi connectivity index (χ1v) is 6.00. The number of rotatable bonds is 4. The quantitative estimate of drug-likeness (QED) is 0.768. The summed E-state index contributed by atoms with van der Waals surface area (Å²) in [6.07, 6.45) is -1.83. The standard InChI is InChI=1S/C11H17F3N2O2/c1-18-9(17)10(15-6-11(12,13)14)4-5-16(7-10)8-2-3-8/h8,15H,2-7H2,1H3. The van der Waals surface area contributed by atoms with Crippen molar-refractivity contribution in [3.8, 4) is 0 Å². The molecular formula is C11H17F3N2O2. The van der Waals surface area contributed by atoms with Gasteiger partial charge in [-0.3, -0.25) is 15.0 Å². The van der Waals surface area contributed by atoms with E-state index in [2.05, 4.69) is 15.0 Å². The van der Waals surface area contributed by atoms with Crippen molar-refractivity contribution in [2.24, 2.45) is 0 Å². The van der Waals surface area contributed by atoms with E-state index in [-0.39, 0.29) is 0 Å². The van der Waals surface area contributed by atoms with Gasteiger partial charge in [0.25, 0.3) is 0 Å². The van der Waals surface area contributed by atoms with Gasteiger partial charge in [-0.15, -0.1) is 0 Å². The molecule has 2 fully saturated rings. The van der Waals surface area contributed by atoms with Gasteiger partial charge in [-0.1, -0.05) is 0 Å². The molecule has 1 saturated heterocycles. The van der Waals surface area contributed by atoms with Gasteiger partial charge < -0.3 is 4.74 Å². The highest BCUT2D eigenvalue weighted by atomic mass is 19.4. The molecule has 1 N–H and O–H groups in total. The maximum absolute atomic E-state index is 12.3. The predicted molar refractivity (Wildman–Crippen MR) is 58.0 cm³/mol. The van der Waals surface area contributed by atoms with Gasteiger partial charge in [0.05, 0.1) is 13.7 Å². The second kappa shape index (κ2) is 4.70. The SMILES string of the molecule is COC(=O)C1(NCC(F)(F)F)CCN(C2CC2)C1. The highest BCUT2D eigenvalue weighted by Gasteiger charge is 2.50. The third kappa shape index (κ3) is 2.95. The average molecular weight is 266 g/mol. The zero-order chi connectivity index (χ0) is 13.4. The van der Waals surface area contributed by atoms with Crippen LogP contribution in [0.1, 0.15) is 19.3 Å². The van der Waals surface area contributed by atoms with E-state index in [1.807, 2.05) is 0 Å². The molecule has 2 rings (SSSR count). The van der Waals surface area contributed by atoms with Crippen LogP contribution in [-0.4, -0.2) is 55.4 Å². The van der Waals surface area contributed by atoms with E-state index in [0.29, 0.717) is 25.6 Å². The molecule has 104 valence electrons. The lowest BCUT2D eigenvalue weighted by atomic mass is 9.99. The second-order valence-electron chi connectivity index (χ2n) is 4.99. The summed E-state index contributed by atoms with van der Waals surface area (Å²) in [6, 6.07) is 0.434. The van der Waals surface area contributed by atoms with E-state index < -0.39 is 24.2 Å². The summed E-state index contributed by atoms with van der Waals surface area (Å²) in [7, 11) is 1.21. The summed E-state index contributed by atoms with van der Waals surface area (Å²) in [6.45, 7) is -0.217. The summed E-state index contributed by atoms with van der Waals surface area (Å²) < 4.78 is 41.5. The minimum absolute atomic E-state index is 0.306. The van der Waals surface area contributed by atoms with Crippen LogP contribution in [0.15, 0.2) is 0 Å². The van der Waals surface area contributed by atoms with Crippen molar-refractivity contribution >= 4 is 5.97 Å². The van der Waals surface area contributed by atoms with Gasteiger partial charge in [-0.05, 0) is 19.3 Å². The fourth-order valence-electron chi connectivity index (χ4n) is 2.44. The maximum Gasteiger partial charge on any atom is 0.401 e. The summed E-state index contributed by atoms with van der Waals surface area (Å²) >= 11 is 0. The Bertz CT molecular complexity index is 331. The van der Waals surface area contributed by atoms with Gasteiger partial charge in [0.2, 0.25) is 0 Å². The van der Waals surface area contributed by atoms with Gasteiger partial charge in [-0.2, -0.15) is 13.2 Å². The molecule has 1 aliphatic carbocycles. The van der Waals surface area contributed by atoms with Gasteiger partial charge in [0, 0.05) is 19.1 Å². The number of hydrogen-bond acceptors (Lipinski definition) is 4. The van der Waals surface area contributed by atoms with Crippen LogP contribution >= 0.6 is 0 Å². The Kier molecular flexibility index (Phi) is 3.55. The van der Waals surface area contributed by atoms with Crippen molar-refractivity contribution in [3.63, 3.8) is 0 Å². The van der Waals surface area contributed by atoms with Crippen LogP contribution in [0.5, 0.6) is 0 Å². The molecule has 0 bridgehead atoms. The number of halogens is 3. The van der Waals surface area contributed by atoms with E-state index in [4.69, 9.17) is 0 Å². The highest BCUT2D eigenvalue weighted by molar-refractivity contribution is 5.81. The molecule has 0 spiro atoms. The van der Waals surface area contributed by atoms with Crippen LogP contribution in [-0.2, 0) is 9.53 Å². The van der Waals surface area contributed by atoms with Crippen molar-refractivity contribution in [1.29, 1.82) is 0 Å². The first-order valence-electron chi connectivity index (χ1n) is 6.00. The van der Waals surface area contributed by atoms with Crippen LogP contribution in [0.3, 0.4) is 0 Å². The van der Waals surface area contributed by atoms with Crippen molar-refractivity contribution in [3.05, 3.63) is 0 Å². The molecule has 1 atom stereocenters. The molecule has 1 aliphatic heterocycles. The number of ether oxygens (including phenoxy) is 1. The van der Waals surface area contributed by atoms with Crippen LogP contribution in [0.25, 0.3) is 0 Å². The van der Waals surface area contributed by atoms with E-state index in [1.54, 1.807) is 0 Å². The van der Waals surface area contributed by atoms with Crippen molar-refractivity contribution in [2.75, 3.05) is 26.7 Å². The van der Waals surface area contributed by atoms with E-state index in [0.717, 1.165) is 12.8 Å². The Hall–Kier alpha value is -0.820. The van der Waals surface area contributed by atoms with Gasteiger partial charge in [0.1, 0.15) is 5.54 Å². The molecule has 0 amide bonds. The lowest BCUT2D eigenvalue weighted by molar-refractivity contribution is -0.152. The summed E-state index contributed by atoms with van der Waals surface area (Å²) in [4.78, 5) is 13.8. The minimum Gasteiger partial charge on any atom is -0.468 e. The third-order valence-corrected chi connectivity index (χ3v) is 3.57. The fourth-order valence-corrected chi connectivity index (χ4v) is 2.44. The van der Waals surface area contributed by atoms with Crippen LogP contribution in [0, 0.1) is 0 Å². The lowest BCUT2D eigenvalue weighted by Crippen LogP contribution is -2.57. The number of esters is 1. The molecule has 18 heavy (non-hydrogen) atoms. The number of nitrogens with zero attached hydrogens (tertiary/aromatic N) is 1. The molecule has 4 nitrogen and oxygen atoms in total. The first-order chi connectivity index (χ1) is 8.36. The van der Waals surface area contributed by atoms with Crippen molar-refractivity contribution in [2.45, 2.75) is 37.0 Å². The Morgan fingerprint density at radius 3 is 2.67 bits per heavy atom. The highest BCUT2D eigenvalue weighted by Crippen LogP contribution is 2.34. The van der Waals surface area contributed by atoms with Crippen LogP contribution in [0.2, 0.25) is 0 Å². The Labute approximate surface area is 103 Å². The fraction of sp³-hybridized carbons (Fsp3) is 0.909. The molecule has 0 radical (unpaired) electrons. The molecule has 2 aliphatic rings. The number of alkyl halides is 3. The molecule has 1 saturated carbocycles. The average Bonchev–Trinajstić information content (AvgIpc) is 3.06. The largest absolute Gasteiger partial charge is 0.468 e. The molecule has 0 aromatic heterocycles. The first kappa shape index (κ1) is 13.6. The number of methoxy groups -OCH3 is 1. The Balaban J connectivity index is 2.02. The number of hydrogen-bond donors (Lipinski definition) is 1. The Morgan fingerprint density at radius 2 is 2.17 bits per heavy atom. The van der Waals surface area contributed by atoms with Gasteiger partial charge in [0.15, 0.2) is 0 Å². The normalized spacial score (nSPS) is 29.6. The van der Waals surface area contributed by atoms with Crippen LogP contribution < -0.4 is 5.32 Å². The zero-order valence-electron chi connectivity index (χ0n) is 10.2.